The quantitative estimate of drug-likeness (QED) is 0.689. The first kappa shape index (κ1) is 21.0. The van der Waals surface area contributed by atoms with Crippen LogP contribution >= 0.6 is 0 Å². The Morgan fingerprint density at radius 2 is 1.64 bits per heavy atom. The number of carboxylic acids is 1. The van der Waals surface area contributed by atoms with Crippen molar-refractivity contribution in [1.29, 1.82) is 0 Å². The molecule has 0 radical (unpaired) electrons. The van der Waals surface area contributed by atoms with Gasteiger partial charge in [-0.3, -0.25) is 4.79 Å². The predicted molar refractivity (Wildman–Crippen MR) is 94.7 cm³/mol. The van der Waals surface area contributed by atoms with Crippen molar-refractivity contribution >= 4 is 16.7 Å². The Hall–Kier alpha value is -2.04. The van der Waals surface area contributed by atoms with Crippen molar-refractivity contribution in [2.75, 3.05) is 0 Å². The zero-order chi connectivity index (χ0) is 19.3. The average Bonchev–Trinajstić information content (AvgIpc) is 2.59. The van der Waals surface area contributed by atoms with Crippen molar-refractivity contribution in [3.8, 4) is 0 Å². The summed E-state index contributed by atoms with van der Waals surface area (Å²) in [5, 5.41) is 10.9. The maximum absolute atomic E-state index is 12.0. The number of aliphatic carboxylic acids is 1. The number of fused-ring (bicyclic) bond motifs is 1. The second kappa shape index (κ2) is 8.37. The first-order valence-corrected chi connectivity index (χ1v) is 8.35. The Bertz CT molecular complexity index is 709. The summed E-state index contributed by atoms with van der Waals surface area (Å²) in [7, 11) is 0. The molecule has 0 saturated heterocycles. The Balaban J connectivity index is 0.000000260. The smallest absolute Gasteiger partial charge is 0.404 e. The molecule has 2 rings (SSSR count). The topological polar surface area (TPSA) is 37.3 Å². The molecule has 0 aliphatic rings. The first-order valence-electron chi connectivity index (χ1n) is 8.35. The van der Waals surface area contributed by atoms with E-state index < -0.39 is 24.0 Å². The van der Waals surface area contributed by atoms with Gasteiger partial charge in [0, 0.05) is 0 Å². The minimum Gasteiger partial charge on any atom is -0.481 e. The highest BCUT2D eigenvalue weighted by atomic mass is 19.4. The van der Waals surface area contributed by atoms with Crippen LogP contribution in [-0.4, -0.2) is 17.3 Å². The van der Waals surface area contributed by atoms with Crippen molar-refractivity contribution in [2.45, 2.75) is 52.6 Å². The van der Waals surface area contributed by atoms with Gasteiger partial charge in [0.15, 0.2) is 5.41 Å². The van der Waals surface area contributed by atoms with E-state index in [0.717, 1.165) is 0 Å². The van der Waals surface area contributed by atoms with Crippen LogP contribution in [0.1, 0.15) is 52.0 Å². The number of rotatable bonds is 4. The van der Waals surface area contributed by atoms with Crippen molar-refractivity contribution in [3.05, 3.63) is 48.0 Å². The molecule has 2 nitrogen and oxygen atoms in total. The molecule has 2 aromatic carbocycles. The Morgan fingerprint density at radius 3 is 2.04 bits per heavy atom. The van der Waals surface area contributed by atoms with E-state index in [0.29, 0.717) is 12.8 Å². The van der Waals surface area contributed by atoms with Gasteiger partial charge in [0.25, 0.3) is 0 Å². The average molecular weight is 354 g/mol. The molecule has 0 aromatic heterocycles. The molecule has 0 fully saturated rings. The molecular weight excluding hydrogens is 329 g/mol. The predicted octanol–water partition coefficient (Wildman–Crippen LogP) is 6.40. The van der Waals surface area contributed by atoms with Crippen LogP contribution in [0.25, 0.3) is 10.8 Å². The molecular formula is C20H25F3O2. The molecule has 0 aliphatic heterocycles. The number of hydrogen-bond acceptors (Lipinski definition) is 1. The van der Waals surface area contributed by atoms with Gasteiger partial charge >= 0.3 is 12.1 Å². The molecule has 138 valence electrons. The largest absolute Gasteiger partial charge is 0.481 e. The molecule has 0 spiro atoms. The van der Waals surface area contributed by atoms with Crippen LogP contribution in [-0.2, 0) is 4.79 Å². The maximum Gasteiger partial charge on any atom is 0.404 e. The van der Waals surface area contributed by atoms with Crippen LogP contribution in [0.3, 0.4) is 0 Å². The molecule has 0 aliphatic carbocycles. The molecule has 0 bridgehead atoms. The highest BCUT2D eigenvalue weighted by Crippen LogP contribution is 2.40. The molecule has 0 heterocycles. The lowest BCUT2D eigenvalue weighted by Crippen LogP contribution is -2.41. The fraction of sp³-hybridized carbons (Fsp3) is 0.450. The normalized spacial score (nSPS) is 15.0. The summed E-state index contributed by atoms with van der Waals surface area (Å²) < 4.78 is 35.9. The van der Waals surface area contributed by atoms with E-state index in [1.807, 2.05) is 0 Å². The fourth-order valence-corrected chi connectivity index (χ4v) is 2.22. The zero-order valence-corrected chi connectivity index (χ0v) is 15.0. The third-order valence-electron chi connectivity index (χ3n) is 4.76. The number of carboxylic acid groups (broad SMARTS) is 1. The Labute approximate surface area is 146 Å². The molecule has 2 aromatic rings. The van der Waals surface area contributed by atoms with Gasteiger partial charge in [0.1, 0.15) is 0 Å². The number of benzene rings is 2. The summed E-state index contributed by atoms with van der Waals surface area (Å²) in [6, 6.07) is 15.3. The number of alkyl halides is 3. The van der Waals surface area contributed by atoms with E-state index >= 15 is 0 Å². The summed E-state index contributed by atoms with van der Waals surface area (Å²) in [6.07, 6.45) is -3.92. The van der Waals surface area contributed by atoms with Gasteiger partial charge in [-0.25, -0.2) is 0 Å². The van der Waals surface area contributed by atoms with Gasteiger partial charge in [-0.15, -0.1) is 0 Å². The summed E-state index contributed by atoms with van der Waals surface area (Å²) in [5.74, 6) is -1.16. The van der Waals surface area contributed by atoms with Crippen molar-refractivity contribution in [3.63, 3.8) is 0 Å². The Kier molecular flexibility index (Phi) is 7.03. The lowest BCUT2D eigenvalue weighted by atomic mass is 9.87. The van der Waals surface area contributed by atoms with Crippen molar-refractivity contribution in [2.24, 2.45) is 5.41 Å². The lowest BCUT2D eigenvalue weighted by Gasteiger charge is -2.25. The third-order valence-corrected chi connectivity index (χ3v) is 4.76. The molecule has 5 heteroatoms. The minimum atomic E-state index is -4.67. The second-order valence-electron chi connectivity index (χ2n) is 6.40. The van der Waals surface area contributed by atoms with Crippen LogP contribution in [0.4, 0.5) is 13.2 Å². The number of hydrogen-bond donors (Lipinski definition) is 1. The minimum absolute atomic E-state index is 0.453. The third kappa shape index (κ3) is 4.97. The SMILES string of the molecule is CCC(C)(C(=O)O)C(F)(F)F.CCC(C)c1ccc2ccccc2c1. The van der Waals surface area contributed by atoms with E-state index in [1.165, 1.54) is 29.7 Å². The van der Waals surface area contributed by atoms with Gasteiger partial charge in [0.2, 0.25) is 0 Å². The van der Waals surface area contributed by atoms with Gasteiger partial charge < -0.3 is 5.11 Å². The van der Waals surface area contributed by atoms with Crippen LogP contribution in [0.15, 0.2) is 42.5 Å². The van der Waals surface area contributed by atoms with Gasteiger partial charge in [0.05, 0.1) is 0 Å². The Morgan fingerprint density at radius 1 is 1.08 bits per heavy atom. The van der Waals surface area contributed by atoms with Crippen molar-refractivity contribution < 1.29 is 23.1 Å². The van der Waals surface area contributed by atoms with Gasteiger partial charge in [-0.1, -0.05) is 63.2 Å². The van der Waals surface area contributed by atoms with E-state index in [4.69, 9.17) is 5.11 Å². The summed E-state index contributed by atoms with van der Waals surface area (Å²) >= 11 is 0. The number of carbonyl (C=O) groups is 1. The highest BCUT2D eigenvalue weighted by molar-refractivity contribution is 5.83. The summed E-state index contributed by atoms with van der Waals surface area (Å²) in [6.45, 7) is 6.39. The summed E-state index contributed by atoms with van der Waals surface area (Å²) in [5.41, 5.74) is -1.15. The monoisotopic (exact) mass is 354 g/mol. The van der Waals surface area contributed by atoms with E-state index in [2.05, 4.69) is 56.3 Å². The van der Waals surface area contributed by atoms with Gasteiger partial charge in [-0.2, -0.15) is 13.2 Å². The van der Waals surface area contributed by atoms with Crippen LogP contribution in [0.5, 0.6) is 0 Å². The van der Waals surface area contributed by atoms with Crippen LogP contribution < -0.4 is 0 Å². The standard InChI is InChI=1S/C14H16.C6H9F3O2/c1-3-11(2)13-9-8-12-6-4-5-7-14(12)10-13;1-3-5(2,4(10)11)6(7,8)9/h4-11H,3H2,1-2H3;3H2,1-2H3,(H,10,11). The number of halogens is 3. The van der Waals surface area contributed by atoms with E-state index in [1.54, 1.807) is 0 Å². The first-order chi connectivity index (χ1) is 11.6. The zero-order valence-electron chi connectivity index (χ0n) is 15.0. The highest BCUT2D eigenvalue weighted by Gasteiger charge is 2.55. The van der Waals surface area contributed by atoms with Crippen molar-refractivity contribution in [1.82, 2.24) is 0 Å². The molecule has 0 saturated carbocycles. The van der Waals surface area contributed by atoms with E-state index in [9.17, 15) is 18.0 Å². The molecule has 2 atom stereocenters. The fourth-order valence-electron chi connectivity index (χ4n) is 2.22. The lowest BCUT2D eigenvalue weighted by molar-refractivity contribution is -0.227. The second-order valence-corrected chi connectivity index (χ2v) is 6.40. The molecule has 1 N–H and O–H groups in total. The maximum atomic E-state index is 12.0. The molecule has 0 amide bonds. The van der Waals surface area contributed by atoms with Crippen LogP contribution in [0, 0.1) is 5.41 Å². The molecule has 25 heavy (non-hydrogen) atoms. The van der Waals surface area contributed by atoms with Crippen LogP contribution in [0.2, 0.25) is 0 Å². The van der Waals surface area contributed by atoms with E-state index in [-0.39, 0.29) is 0 Å². The summed E-state index contributed by atoms with van der Waals surface area (Å²) in [4.78, 5) is 10.2. The molecule has 2 unspecified atom stereocenters. The van der Waals surface area contributed by atoms with Gasteiger partial charge in [-0.05, 0) is 42.0 Å².